The normalized spacial score (nSPS) is 22.0. The molecule has 1 aromatic rings. The lowest BCUT2D eigenvalue weighted by atomic mass is 9.90. The quantitative estimate of drug-likeness (QED) is 0.903. The van der Waals surface area contributed by atoms with E-state index in [1.165, 1.54) is 5.56 Å². The third-order valence-corrected chi connectivity index (χ3v) is 4.52. The van der Waals surface area contributed by atoms with Gasteiger partial charge in [-0.3, -0.25) is 4.79 Å². The van der Waals surface area contributed by atoms with Crippen molar-refractivity contribution in [2.24, 2.45) is 5.73 Å². The number of benzene rings is 1. The van der Waals surface area contributed by atoms with Crippen LogP contribution in [-0.4, -0.2) is 29.4 Å². The predicted octanol–water partition coefficient (Wildman–Crippen LogP) is 3.37. The lowest BCUT2D eigenvalue weighted by Gasteiger charge is -2.36. The van der Waals surface area contributed by atoms with Crippen LogP contribution in [0.5, 0.6) is 0 Å². The number of nitrogens with two attached hydrogens (primary N) is 1. The Morgan fingerprint density at radius 1 is 1.14 bits per heavy atom. The summed E-state index contributed by atoms with van der Waals surface area (Å²) in [6.45, 7) is 5.11. The lowest BCUT2D eigenvalue weighted by Crippen LogP contribution is -2.44. The Bertz CT molecular complexity index is 447. The highest BCUT2D eigenvalue weighted by atomic mass is 16.2. The van der Waals surface area contributed by atoms with E-state index in [-0.39, 0.29) is 5.91 Å². The van der Waals surface area contributed by atoms with Crippen LogP contribution in [0.3, 0.4) is 0 Å². The van der Waals surface area contributed by atoms with Gasteiger partial charge >= 0.3 is 0 Å². The van der Waals surface area contributed by atoms with Crippen molar-refractivity contribution < 1.29 is 4.79 Å². The molecular formula is C18H28N2O. The number of hydrogen-bond donors (Lipinski definition) is 1. The fraction of sp³-hybridized carbons (Fsp3) is 0.611. The minimum absolute atomic E-state index is 0.181. The molecule has 0 spiro atoms. The van der Waals surface area contributed by atoms with Crippen molar-refractivity contribution >= 4 is 5.91 Å². The summed E-state index contributed by atoms with van der Waals surface area (Å²) < 4.78 is 0. The first-order valence-corrected chi connectivity index (χ1v) is 8.31. The molecule has 116 valence electrons. The molecular weight excluding hydrogens is 260 g/mol. The van der Waals surface area contributed by atoms with Crippen LogP contribution in [0.1, 0.15) is 61.9 Å². The first-order chi connectivity index (χ1) is 10.2. The minimum atomic E-state index is 0.181. The van der Waals surface area contributed by atoms with E-state index in [0.717, 1.165) is 50.6 Å². The van der Waals surface area contributed by atoms with Gasteiger partial charge in [-0.2, -0.15) is 0 Å². The van der Waals surface area contributed by atoms with Gasteiger partial charge in [-0.25, -0.2) is 0 Å². The molecule has 1 saturated carbocycles. The SMILES string of the molecule is CCCN(C(=O)c1ccc(CC)cc1)C1CCC(N)CC1. The molecule has 2 rings (SSSR count). The first kappa shape index (κ1) is 16.0. The summed E-state index contributed by atoms with van der Waals surface area (Å²) in [5.41, 5.74) is 8.08. The molecule has 3 heteroatoms. The van der Waals surface area contributed by atoms with Gasteiger partial charge in [-0.15, -0.1) is 0 Å². The van der Waals surface area contributed by atoms with Crippen molar-refractivity contribution in [1.82, 2.24) is 4.90 Å². The zero-order valence-corrected chi connectivity index (χ0v) is 13.3. The second kappa shape index (κ2) is 7.60. The molecule has 0 unspecified atom stereocenters. The maximum atomic E-state index is 12.8. The minimum Gasteiger partial charge on any atom is -0.336 e. The van der Waals surface area contributed by atoms with Gasteiger partial charge < -0.3 is 10.6 Å². The zero-order valence-electron chi connectivity index (χ0n) is 13.3. The molecule has 0 aliphatic heterocycles. The average molecular weight is 288 g/mol. The Morgan fingerprint density at radius 3 is 2.29 bits per heavy atom. The summed E-state index contributed by atoms with van der Waals surface area (Å²) in [5.74, 6) is 0.181. The van der Waals surface area contributed by atoms with Gasteiger partial charge in [-0.05, 0) is 56.2 Å². The van der Waals surface area contributed by atoms with E-state index < -0.39 is 0 Å². The highest BCUT2D eigenvalue weighted by molar-refractivity contribution is 5.94. The zero-order chi connectivity index (χ0) is 15.2. The van der Waals surface area contributed by atoms with E-state index in [2.05, 4.69) is 30.9 Å². The molecule has 2 N–H and O–H groups in total. The standard InChI is InChI=1S/C18H28N2O/c1-3-13-20(17-11-9-16(19)10-12-17)18(21)15-7-5-14(4-2)6-8-15/h5-8,16-17H,3-4,9-13,19H2,1-2H3. The maximum Gasteiger partial charge on any atom is 0.254 e. The molecule has 0 saturated heterocycles. The number of aryl methyl sites for hydroxylation is 1. The van der Waals surface area contributed by atoms with Gasteiger partial charge in [-0.1, -0.05) is 26.0 Å². The Hall–Kier alpha value is -1.35. The van der Waals surface area contributed by atoms with Crippen molar-refractivity contribution in [2.75, 3.05) is 6.54 Å². The first-order valence-electron chi connectivity index (χ1n) is 8.31. The molecule has 1 aliphatic rings. The molecule has 3 nitrogen and oxygen atoms in total. The second-order valence-corrected chi connectivity index (χ2v) is 6.12. The molecule has 1 aliphatic carbocycles. The molecule has 0 aromatic heterocycles. The van der Waals surface area contributed by atoms with Crippen LogP contribution in [0.15, 0.2) is 24.3 Å². The Kier molecular flexibility index (Phi) is 5.80. The van der Waals surface area contributed by atoms with Gasteiger partial charge in [0.1, 0.15) is 0 Å². The topological polar surface area (TPSA) is 46.3 Å². The highest BCUT2D eigenvalue weighted by Crippen LogP contribution is 2.24. The van der Waals surface area contributed by atoms with Gasteiger partial charge in [0.05, 0.1) is 0 Å². The Morgan fingerprint density at radius 2 is 1.76 bits per heavy atom. The van der Waals surface area contributed by atoms with Crippen LogP contribution in [-0.2, 0) is 6.42 Å². The molecule has 1 fully saturated rings. The summed E-state index contributed by atoms with van der Waals surface area (Å²) in [5, 5.41) is 0. The Balaban J connectivity index is 2.10. The van der Waals surface area contributed by atoms with E-state index in [1.807, 2.05) is 12.1 Å². The molecule has 21 heavy (non-hydrogen) atoms. The molecule has 0 bridgehead atoms. The Labute approximate surface area is 128 Å². The molecule has 1 amide bonds. The third kappa shape index (κ3) is 4.07. The monoisotopic (exact) mass is 288 g/mol. The van der Waals surface area contributed by atoms with E-state index >= 15 is 0 Å². The number of amides is 1. The number of carbonyl (C=O) groups is 1. The van der Waals surface area contributed by atoms with Crippen molar-refractivity contribution in [2.45, 2.75) is 64.5 Å². The fourth-order valence-electron chi connectivity index (χ4n) is 3.15. The van der Waals surface area contributed by atoms with Crippen LogP contribution in [0.4, 0.5) is 0 Å². The molecule has 0 atom stereocenters. The third-order valence-electron chi connectivity index (χ3n) is 4.52. The van der Waals surface area contributed by atoms with Crippen LogP contribution in [0.2, 0.25) is 0 Å². The number of rotatable bonds is 5. The summed E-state index contributed by atoms with van der Waals surface area (Å²) in [4.78, 5) is 14.9. The fourth-order valence-corrected chi connectivity index (χ4v) is 3.15. The van der Waals surface area contributed by atoms with Gasteiger partial charge in [0.2, 0.25) is 0 Å². The highest BCUT2D eigenvalue weighted by Gasteiger charge is 2.27. The summed E-state index contributed by atoms with van der Waals surface area (Å²) in [6, 6.07) is 8.76. The summed E-state index contributed by atoms with van der Waals surface area (Å²) >= 11 is 0. The van der Waals surface area contributed by atoms with Gasteiger partial charge in [0.15, 0.2) is 0 Å². The molecule has 1 aromatic carbocycles. The van der Waals surface area contributed by atoms with E-state index in [0.29, 0.717) is 12.1 Å². The van der Waals surface area contributed by atoms with E-state index in [1.54, 1.807) is 0 Å². The smallest absolute Gasteiger partial charge is 0.254 e. The van der Waals surface area contributed by atoms with Crippen LogP contribution >= 0.6 is 0 Å². The summed E-state index contributed by atoms with van der Waals surface area (Å²) in [7, 11) is 0. The van der Waals surface area contributed by atoms with Crippen LogP contribution in [0, 0.1) is 0 Å². The second-order valence-electron chi connectivity index (χ2n) is 6.12. The predicted molar refractivity (Wildman–Crippen MR) is 87.4 cm³/mol. The number of carbonyl (C=O) groups excluding carboxylic acids is 1. The van der Waals surface area contributed by atoms with E-state index in [4.69, 9.17) is 5.73 Å². The average Bonchev–Trinajstić information content (AvgIpc) is 2.53. The number of nitrogens with zero attached hydrogens (tertiary/aromatic N) is 1. The largest absolute Gasteiger partial charge is 0.336 e. The maximum absolute atomic E-state index is 12.8. The van der Waals surface area contributed by atoms with Crippen molar-refractivity contribution in [1.29, 1.82) is 0 Å². The van der Waals surface area contributed by atoms with E-state index in [9.17, 15) is 4.79 Å². The van der Waals surface area contributed by atoms with Crippen molar-refractivity contribution in [3.8, 4) is 0 Å². The lowest BCUT2D eigenvalue weighted by molar-refractivity contribution is 0.0626. The van der Waals surface area contributed by atoms with Crippen LogP contribution < -0.4 is 5.73 Å². The van der Waals surface area contributed by atoms with Crippen molar-refractivity contribution in [3.63, 3.8) is 0 Å². The summed E-state index contributed by atoms with van der Waals surface area (Å²) in [6.07, 6.45) is 6.16. The number of hydrogen-bond acceptors (Lipinski definition) is 2. The van der Waals surface area contributed by atoms with Crippen LogP contribution in [0.25, 0.3) is 0 Å². The molecule has 0 heterocycles. The molecule has 0 radical (unpaired) electrons. The van der Waals surface area contributed by atoms with Gasteiger partial charge in [0, 0.05) is 24.2 Å². The van der Waals surface area contributed by atoms with Crippen molar-refractivity contribution in [3.05, 3.63) is 35.4 Å². The van der Waals surface area contributed by atoms with Gasteiger partial charge in [0.25, 0.3) is 5.91 Å².